The van der Waals surface area contributed by atoms with E-state index in [0.717, 1.165) is 69.8 Å². The number of nitrogens with zero attached hydrogens (tertiary/aromatic N) is 9. The number of aryl methyl sites for hydroxylation is 2. The van der Waals surface area contributed by atoms with Crippen molar-refractivity contribution in [1.29, 1.82) is 0 Å². The van der Waals surface area contributed by atoms with E-state index in [0.29, 0.717) is 5.56 Å². The van der Waals surface area contributed by atoms with Crippen molar-refractivity contribution in [2.45, 2.75) is 33.5 Å². The maximum absolute atomic E-state index is 7.97. The summed E-state index contributed by atoms with van der Waals surface area (Å²) in [5.74, 6) is 1.10. The van der Waals surface area contributed by atoms with Crippen LogP contribution >= 0.6 is 0 Å². The van der Waals surface area contributed by atoms with E-state index in [1.165, 1.54) is 62.0 Å². The van der Waals surface area contributed by atoms with Crippen LogP contribution in [0.1, 0.15) is 37.5 Å². The minimum absolute atomic E-state index is 0. The number of pyridine rings is 5. The van der Waals surface area contributed by atoms with Crippen LogP contribution in [0.4, 0.5) is 11.4 Å². The second-order valence-electron chi connectivity index (χ2n) is 24.8. The Kier molecular flexibility index (Phi) is 23.4. The fourth-order valence-corrected chi connectivity index (χ4v) is 12.4. The van der Waals surface area contributed by atoms with Crippen LogP contribution in [0, 0.1) is 44.8 Å². The van der Waals surface area contributed by atoms with Gasteiger partial charge in [-0.2, -0.15) is 39.5 Å². The molecule has 4 aliphatic rings. The van der Waals surface area contributed by atoms with Gasteiger partial charge in [-0.15, -0.1) is 120 Å². The van der Waals surface area contributed by atoms with Crippen LogP contribution in [-0.2, 0) is 59.8 Å². The summed E-state index contributed by atoms with van der Waals surface area (Å²) in [5.41, 5.74) is 23.2. The smallest absolute Gasteiger partial charge is 0.500 e. The second-order valence-corrected chi connectivity index (χ2v) is 24.8. The zero-order valence-electron chi connectivity index (χ0n) is 66.3. The third kappa shape index (κ3) is 19.4. The van der Waals surface area contributed by atoms with Gasteiger partial charge in [-0.05, 0) is 118 Å². The van der Waals surface area contributed by atoms with Crippen LogP contribution in [0.2, 0.25) is 0 Å². The Morgan fingerprint density at radius 2 is 0.944 bits per heavy atom. The molecule has 6 aromatic heterocycles. The third-order valence-corrected chi connectivity index (χ3v) is 17.7. The molecule has 0 N–H and O–H groups in total. The summed E-state index contributed by atoms with van der Waals surface area (Å²) in [7, 11) is 0. The quantitative estimate of drug-likeness (QED) is 0.117. The average Bonchev–Trinajstić information content (AvgIpc) is 1.55. The van der Waals surface area contributed by atoms with Crippen LogP contribution < -0.4 is 23.5 Å². The van der Waals surface area contributed by atoms with Gasteiger partial charge in [0.2, 0.25) is 11.4 Å². The maximum Gasteiger partial charge on any atom is 3.00 e. The van der Waals surface area contributed by atoms with Gasteiger partial charge in [0, 0.05) is 104 Å². The molecule has 0 bridgehead atoms. The van der Waals surface area contributed by atoms with Gasteiger partial charge in [0.15, 0.2) is 31.2 Å². The molecule has 0 saturated carbocycles. The predicted octanol–water partition coefficient (Wildman–Crippen LogP) is 20.4. The molecule has 0 unspecified atom stereocenters. The summed E-state index contributed by atoms with van der Waals surface area (Å²) in [6, 6.07) is 111. The molecule has 108 heavy (non-hydrogen) atoms. The summed E-state index contributed by atoms with van der Waals surface area (Å²) >= 11 is 0. The molecule has 0 amide bonds. The molecule has 1 radical (unpaired) electrons. The zero-order chi connectivity index (χ0) is 78.0. The van der Waals surface area contributed by atoms with E-state index in [4.69, 9.17) is 9.60 Å². The monoisotopic (exact) mass is 1760 g/mol. The summed E-state index contributed by atoms with van der Waals surface area (Å²) in [5, 5.41) is 0. The van der Waals surface area contributed by atoms with E-state index < -0.39 is 0 Å². The number of hydrogen-bond acceptors (Lipinski definition) is 6. The fourth-order valence-electron chi connectivity index (χ4n) is 12.4. The van der Waals surface area contributed by atoms with Gasteiger partial charge < -0.3 is 24.8 Å². The molecule has 10 aromatic carbocycles. The van der Waals surface area contributed by atoms with Gasteiger partial charge in [0.05, 0.1) is 32.5 Å². The summed E-state index contributed by atoms with van der Waals surface area (Å²) in [6.07, 6.45) is 15.2. The van der Waals surface area contributed by atoms with Crippen molar-refractivity contribution >= 4 is 11.4 Å². The number of hydrogen-bond donors (Lipinski definition) is 0. The van der Waals surface area contributed by atoms with Crippen molar-refractivity contribution in [3.8, 4) is 89.9 Å². The van der Waals surface area contributed by atoms with Gasteiger partial charge in [0.25, 0.3) is 0 Å². The minimum atomic E-state index is -0.344. The van der Waals surface area contributed by atoms with Gasteiger partial charge in [-0.1, -0.05) is 158 Å². The Balaban J connectivity index is 0.000000124. The molecule has 9 nitrogen and oxygen atoms in total. The predicted molar refractivity (Wildman–Crippen MR) is 427 cm³/mol. The van der Waals surface area contributed by atoms with E-state index in [9.17, 15) is 0 Å². The Hall–Kier alpha value is -12.3. The van der Waals surface area contributed by atoms with Crippen LogP contribution in [0.5, 0.6) is 0 Å². The van der Waals surface area contributed by atoms with E-state index in [1.54, 1.807) is 17.0 Å². The zero-order valence-corrected chi connectivity index (χ0v) is 64.1. The molecular formula is C97H77Ir2N9+. The molecule has 10 heterocycles. The van der Waals surface area contributed by atoms with Crippen LogP contribution in [0.3, 0.4) is 0 Å². The van der Waals surface area contributed by atoms with Crippen molar-refractivity contribution in [2.75, 3.05) is 9.80 Å². The molecule has 0 spiro atoms. The van der Waals surface area contributed by atoms with Gasteiger partial charge >= 0.3 is 25.9 Å². The fraction of sp³-hybridized carbons (Fsp3) is 0.0515. The Morgan fingerprint density at radius 1 is 0.389 bits per heavy atom. The summed E-state index contributed by atoms with van der Waals surface area (Å²) in [4.78, 5) is 21.7. The summed E-state index contributed by atoms with van der Waals surface area (Å²) < 4.78 is 60.6. The number of fused-ring (bicyclic) bond motifs is 9. The van der Waals surface area contributed by atoms with Gasteiger partial charge in [-0.3, -0.25) is 0 Å². The standard InChI is InChI=1S/2C18H14N.C15H12N2.C12H11N2.C12H10N.2C11H8N.2Ir/c1-2-6-14(7-3-1)15-9-10-16-13-19-11-5-4-8-18(19)17(16)12-15;1-14-12-18(16-10-6-3-7-11-16)19-13-17(14)15-8-4-2-5-9-15;1-3-7-14(8-4-1)16-11-12-17(13-16)15-9-5-2-6-10-15;1-9-6-7-14-8-10-4-2-3-5-11(10)12(14)13-9;1-2-6-11-10(5-1)9-13-8-4-3-7-12(11)13;2*1-2-6-10(7-3-1)11-8-4-5-9-12-11;;/h1-12H,13H2;2-10,12-13H,1H3;1-9,11-13H;2-7H,8H2,1H3;1-8H,9H2;2*1-6,8-9H;;/q+1;-1;-2;2*+1;2*-1;;+3/i;;;;1D,2D,3D,4D,5D,6D,7D;;;;. The SMILES string of the molecule is Cc1cc(-c2[c-]cccc2)ncc1-c1ccccc1.Cc1cc[n+]2c(n1)-c1ccccc1C2.[2H]c1c[n+]2c(c([2H])c1[2H])-c1c([2H])c([2H])c([2H])c([2H])c1C2.[Ir+3].[Ir].[c-]1ccccc1-c1ccccn1.[c-]1ccccc1-c1ccccn1.[c-]1ccccc1N1C=CN(c2ccccc2)[CH-]1.c1ccc(-c2ccc3c(c2)-c2cccc[n+]2C3)cc1. The minimum Gasteiger partial charge on any atom is -0.500 e. The van der Waals surface area contributed by atoms with Crippen molar-refractivity contribution in [3.63, 3.8) is 0 Å². The van der Waals surface area contributed by atoms with E-state index in [-0.39, 0.29) is 100 Å². The Labute approximate surface area is 671 Å². The number of para-hydroxylation sites is 2. The number of benzene rings is 10. The van der Waals surface area contributed by atoms with Crippen molar-refractivity contribution in [1.82, 2.24) is 19.9 Å². The van der Waals surface area contributed by atoms with Crippen LogP contribution in [-0.4, -0.2) is 19.9 Å². The topological polar surface area (TPSA) is 69.7 Å². The van der Waals surface area contributed by atoms with E-state index in [1.807, 2.05) is 207 Å². The normalized spacial score (nSPS) is 12.3. The molecule has 4 aliphatic heterocycles. The van der Waals surface area contributed by atoms with E-state index in [2.05, 4.69) is 205 Å². The van der Waals surface area contributed by atoms with E-state index >= 15 is 0 Å². The summed E-state index contributed by atoms with van der Waals surface area (Å²) in [6.45, 7) is 8.33. The molecule has 11 heteroatoms. The van der Waals surface area contributed by atoms with Crippen molar-refractivity contribution in [2.24, 2.45) is 0 Å². The average molecular weight is 1760 g/mol. The molecule has 16 aromatic rings. The maximum atomic E-state index is 7.97. The molecule has 527 valence electrons. The number of aromatic nitrogens is 7. The Bertz CT molecular complexity index is 5740. The first kappa shape index (κ1) is 66.4. The largest absolute Gasteiger partial charge is 3.00 e. The molecule has 0 aliphatic carbocycles. The van der Waals surface area contributed by atoms with Crippen molar-refractivity contribution < 1.29 is 63.5 Å². The number of rotatable bonds is 7. The van der Waals surface area contributed by atoms with Gasteiger partial charge in [-0.25, -0.2) is 4.57 Å². The first-order chi connectivity index (χ1) is 55.3. The number of anilines is 2. The van der Waals surface area contributed by atoms with Gasteiger partial charge in [0.1, 0.15) is 6.54 Å². The van der Waals surface area contributed by atoms with Crippen LogP contribution in [0.15, 0.2) is 389 Å². The first-order valence-electron chi connectivity index (χ1n) is 38.4. The molecule has 20 rings (SSSR count). The van der Waals surface area contributed by atoms with Crippen molar-refractivity contribution in [3.05, 3.63) is 448 Å². The third-order valence-electron chi connectivity index (χ3n) is 17.7. The molecule has 0 fully saturated rings. The Morgan fingerprint density at radius 3 is 1.59 bits per heavy atom. The molecule has 0 saturated heterocycles. The molecular weight excluding hydrogens is 1680 g/mol. The molecule has 0 atom stereocenters. The first-order valence-corrected chi connectivity index (χ1v) is 34.9. The second kappa shape index (κ2) is 38.1. The van der Waals surface area contributed by atoms with Crippen LogP contribution in [0.25, 0.3) is 89.9 Å².